The second-order valence-corrected chi connectivity index (χ2v) is 8.42. The summed E-state index contributed by atoms with van der Waals surface area (Å²) >= 11 is 5.80. The Morgan fingerprint density at radius 2 is 1.97 bits per heavy atom. The average molecular weight is 452 g/mol. The molecule has 1 heterocycles. The van der Waals surface area contributed by atoms with Crippen LogP contribution in [-0.4, -0.2) is 28.0 Å². The molecular formula is C20H18ClNO7S. The first-order valence-electron chi connectivity index (χ1n) is 8.80. The van der Waals surface area contributed by atoms with Crippen molar-refractivity contribution in [2.75, 3.05) is 13.7 Å². The minimum atomic E-state index is -3.79. The van der Waals surface area contributed by atoms with Gasteiger partial charge in [0.05, 0.1) is 18.4 Å². The van der Waals surface area contributed by atoms with Crippen LogP contribution in [0.3, 0.4) is 0 Å². The number of methoxy groups -OCH3 is 1. The Labute approximate surface area is 177 Å². The van der Waals surface area contributed by atoms with Crippen LogP contribution in [-0.2, 0) is 26.2 Å². The van der Waals surface area contributed by atoms with Gasteiger partial charge in [0.2, 0.25) is 10.0 Å². The van der Waals surface area contributed by atoms with Gasteiger partial charge in [0, 0.05) is 34.6 Å². The van der Waals surface area contributed by atoms with Crippen molar-refractivity contribution >= 4 is 38.6 Å². The lowest BCUT2D eigenvalue weighted by molar-refractivity contribution is -0.144. The van der Waals surface area contributed by atoms with E-state index < -0.39 is 21.6 Å². The van der Waals surface area contributed by atoms with E-state index >= 15 is 0 Å². The summed E-state index contributed by atoms with van der Waals surface area (Å²) in [6.07, 6.45) is -0.188. The molecule has 3 aromatic rings. The fourth-order valence-corrected chi connectivity index (χ4v) is 4.02. The molecule has 158 valence electrons. The van der Waals surface area contributed by atoms with E-state index in [9.17, 15) is 18.0 Å². The lowest BCUT2D eigenvalue weighted by Gasteiger charge is -2.09. The molecule has 0 aliphatic heterocycles. The van der Waals surface area contributed by atoms with Gasteiger partial charge in [-0.3, -0.25) is 4.79 Å². The molecule has 0 amide bonds. The van der Waals surface area contributed by atoms with Crippen molar-refractivity contribution in [2.24, 2.45) is 0 Å². The third-order valence-corrected chi connectivity index (χ3v) is 5.85. The van der Waals surface area contributed by atoms with E-state index in [0.717, 1.165) is 0 Å². The fourth-order valence-electron chi connectivity index (χ4n) is 2.69. The second-order valence-electron chi connectivity index (χ2n) is 6.22. The van der Waals surface area contributed by atoms with E-state index in [2.05, 4.69) is 4.72 Å². The minimum Gasteiger partial charge on any atom is -0.497 e. The summed E-state index contributed by atoms with van der Waals surface area (Å²) in [7, 11) is -2.30. The van der Waals surface area contributed by atoms with Gasteiger partial charge < -0.3 is 13.9 Å². The van der Waals surface area contributed by atoms with Gasteiger partial charge in [0.15, 0.2) is 0 Å². The number of sulfonamides is 1. The summed E-state index contributed by atoms with van der Waals surface area (Å²) in [5, 5.41) is 0.888. The predicted molar refractivity (Wildman–Crippen MR) is 110 cm³/mol. The number of esters is 1. The zero-order valence-electron chi connectivity index (χ0n) is 15.9. The molecule has 0 saturated carbocycles. The van der Waals surface area contributed by atoms with Gasteiger partial charge in [0.1, 0.15) is 17.9 Å². The van der Waals surface area contributed by atoms with Gasteiger partial charge in [-0.05, 0) is 30.3 Å². The fraction of sp³-hybridized carbons (Fsp3) is 0.200. The molecular weight excluding hydrogens is 434 g/mol. The molecule has 0 unspecified atom stereocenters. The summed E-state index contributed by atoms with van der Waals surface area (Å²) in [5.41, 5.74) is 0.190. The Hall–Kier alpha value is -2.88. The summed E-state index contributed by atoms with van der Waals surface area (Å²) < 4.78 is 42.1. The predicted octanol–water partition coefficient (Wildman–Crippen LogP) is 2.87. The van der Waals surface area contributed by atoms with E-state index in [1.807, 2.05) is 0 Å². The standard InChI is InChI=1S/C20H18ClNO7S/c1-27-15-5-6-17-13(9-20(24)29-18(17)11-15)12-28-19(23)7-8-22-30(25,26)16-4-2-3-14(21)10-16/h2-6,9-11,22H,7-8,12H2,1H3. The number of nitrogens with one attached hydrogen (secondary N) is 1. The Morgan fingerprint density at radius 1 is 1.17 bits per heavy atom. The van der Waals surface area contributed by atoms with E-state index in [1.165, 1.54) is 31.4 Å². The van der Waals surface area contributed by atoms with E-state index in [4.69, 9.17) is 25.5 Å². The third-order valence-electron chi connectivity index (χ3n) is 4.15. The molecule has 2 aromatic carbocycles. The third kappa shape index (κ3) is 5.38. The lowest BCUT2D eigenvalue weighted by Crippen LogP contribution is -2.26. The van der Waals surface area contributed by atoms with Crippen molar-refractivity contribution in [1.82, 2.24) is 4.72 Å². The van der Waals surface area contributed by atoms with Crippen molar-refractivity contribution in [2.45, 2.75) is 17.9 Å². The van der Waals surface area contributed by atoms with Crippen LogP contribution in [0.1, 0.15) is 12.0 Å². The molecule has 0 fully saturated rings. The molecule has 10 heteroatoms. The summed E-state index contributed by atoms with van der Waals surface area (Å²) in [4.78, 5) is 23.8. The monoisotopic (exact) mass is 451 g/mol. The molecule has 1 aromatic heterocycles. The van der Waals surface area contributed by atoms with Crippen LogP contribution in [0.25, 0.3) is 11.0 Å². The van der Waals surface area contributed by atoms with Gasteiger partial charge in [-0.15, -0.1) is 0 Å². The van der Waals surface area contributed by atoms with Crippen molar-refractivity contribution in [3.63, 3.8) is 0 Å². The highest BCUT2D eigenvalue weighted by molar-refractivity contribution is 7.89. The largest absolute Gasteiger partial charge is 0.497 e. The molecule has 1 N–H and O–H groups in total. The Kier molecular flexibility index (Phi) is 6.76. The molecule has 0 aliphatic rings. The van der Waals surface area contributed by atoms with E-state index in [0.29, 0.717) is 22.3 Å². The summed E-state index contributed by atoms with van der Waals surface area (Å²) in [6, 6.07) is 12.0. The van der Waals surface area contributed by atoms with Crippen LogP contribution in [0.4, 0.5) is 0 Å². The molecule has 0 bridgehead atoms. The number of ether oxygens (including phenoxy) is 2. The lowest BCUT2D eigenvalue weighted by atomic mass is 10.1. The van der Waals surface area contributed by atoms with Crippen molar-refractivity contribution in [3.05, 3.63) is 69.5 Å². The number of hydrogen-bond acceptors (Lipinski definition) is 7. The molecule has 3 rings (SSSR count). The van der Waals surface area contributed by atoms with Crippen molar-refractivity contribution < 1.29 is 27.1 Å². The van der Waals surface area contributed by atoms with Gasteiger partial charge in [0.25, 0.3) is 0 Å². The number of fused-ring (bicyclic) bond motifs is 1. The van der Waals surface area contributed by atoms with Crippen LogP contribution < -0.4 is 15.1 Å². The van der Waals surface area contributed by atoms with Crippen LogP contribution in [0.15, 0.2) is 62.6 Å². The normalized spacial score (nSPS) is 11.4. The van der Waals surface area contributed by atoms with E-state index in [1.54, 1.807) is 24.3 Å². The van der Waals surface area contributed by atoms with Gasteiger partial charge >= 0.3 is 11.6 Å². The highest BCUT2D eigenvalue weighted by Crippen LogP contribution is 2.23. The summed E-state index contributed by atoms with van der Waals surface area (Å²) in [6.45, 7) is -0.309. The number of carbonyl (C=O) groups excluding carboxylic acids is 1. The first kappa shape index (κ1) is 21.8. The number of hydrogen-bond donors (Lipinski definition) is 1. The SMILES string of the molecule is COc1ccc2c(COC(=O)CCNS(=O)(=O)c3cccc(Cl)c3)cc(=O)oc2c1. The van der Waals surface area contributed by atoms with E-state index in [-0.39, 0.29) is 29.5 Å². The molecule has 0 atom stereocenters. The van der Waals surface area contributed by atoms with Crippen LogP contribution in [0, 0.1) is 0 Å². The zero-order valence-corrected chi connectivity index (χ0v) is 17.5. The maximum atomic E-state index is 12.2. The van der Waals surface area contributed by atoms with Gasteiger partial charge in [-0.25, -0.2) is 17.9 Å². The van der Waals surface area contributed by atoms with Crippen molar-refractivity contribution in [3.8, 4) is 5.75 Å². The van der Waals surface area contributed by atoms with Gasteiger partial charge in [-0.2, -0.15) is 0 Å². The first-order chi connectivity index (χ1) is 14.3. The second kappa shape index (κ2) is 9.29. The maximum absolute atomic E-state index is 12.2. The quantitative estimate of drug-likeness (QED) is 0.414. The number of benzene rings is 2. The number of rotatable bonds is 8. The van der Waals surface area contributed by atoms with Gasteiger partial charge in [-0.1, -0.05) is 17.7 Å². The Balaban J connectivity index is 1.59. The maximum Gasteiger partial charge on any atom is 0.336 e. The molecule has 8 nitrogen and oxygen atoms in total. The zero-order chi connectivity index (χ0) is 21.7. The molecule has 0 spiro atoms. The molecule has 0 saturated heterocycles. The minimum absolute atomic E-state index is 0.00118. The highest BCUT2D eigenvalue weighted by Gasteiger charge is 2.15. The average Bonchev–Trinajstić information content (AvgIpc) is 2.71. The smallest absolute Gasteiger partial charge is 0.336 e. The number of halogens is 1. The Morgan fingerprint density at radius 3 is 2.70 bits per heavy atom. The Bertz CT molecular complexity index is 1240. The highest BCUT2D eigenvalue weighted by atomic mass is 35.5. The molecule has 0 radical (unpaired) electrons. The number of carbonyl (C=O) groups is 1. The van der Waals surface area contributed by atoms with Crippen LogP contribution in [0.2, 0.25) is 5.02 Å². The molecule has 30 heavy (non-hydrogen) atoms. The van der Waals surface area contributed by atoms with Crippen LogP contribution >= 0.6 is 11.6 Å². The van der Waals surface area contributed by atoms with Crippen LogP contribution in [0.5, 0.6) is 5.75 Å². The topological polar surface area (TPSA) is 112 Å². The molecule has 0 aliphatic carbocycles. The first-order valence-corrected chi connectivity index (χ1v) is 10.7. The summed E-state index contributed by atoms with van der Waals surface area (Å²) in [5.74, 6) is -0.106. The van der Waals surface area contributed by atoms with Crippen molar-refractivity contribution in [1.29, 1.82) is 0 Å².